The van der Waals surface area contributed by atoms with E-state index in [-0.39, 0.29) is 27.9 Å². The van der Waals surface area contributed by atoms with Crippen LogP contribution in [0.5, 0.6) is 0 Å². The molecule has 0 unspecified atom stereocenters. The van der Waals surface area contributed by atoms with Crippen LogP contribution in [0.4, 0.5) is 0 Å². The average Bonchev–Trinajstić information content (AvgIpc) is 2.92. The van der Waals surface area contributed by atoms with Gasteiger partial charge in [0.05, 0.1) is 17.8 Å². The van der Waals surface area contributed by atoms with Gasteiger partial charge in [-0.25, -0.2) is 21.6 Å². The number of hydrogen-bond donors (Lipinski definition) is 1. The third kappa shape index (κ3) is 2.70. The Labute approximate surface area is 123 Å². The normalized spacial score (nSPS) is 25.4. The molecule has 0 saturated carbocycles. The Morgan fingerprint density at radius 2 is 2.00 bits per heavy atom. The van der Waals surface area contributed by atoms with Crippen molar-refractivity contribution < 1.29 is 21.3 Å². The van der Waals surface area contributed by atoms with Crippen LogP contribution in [0.25, 0.3) is 11.0 Å². The van der Waals surface area contributed by atoms with Crippen LogP contribution >= 0.6 is 0 Å². The molecule has 1 aliphatic heterocycles. The molecular formula is C13H15NO5S2. The first kappa shape index (κ1) is 14.6. The summed E-state index contributed by atoms with van der Waals surface area (Å²) in [5.41, 5.74) is 0.276. The van der Waals surface area contributed by atoms with Gasteiger partial charge in [-0.2, -0.15) is 0 Å². The Hall–Kier alpha value is -1.38. The zero-order chi connectivity index (χ0) is 15.3. The monoisotopic (exact) mass is 329 g/mol. The van der Waals surface area contributed by atoms with Crippen molar-refractivity contribution in [2.24, 2.45) is 5.92 Å². The van der Waals surface area contributed by atoms with Gasteiger partial charge >= 0.3 is 0 Å². The molecule has 2 atom stereocenters. The standard InChI is InChI=1S/C13H15NO5S2/c1-9-7-20(15,16)8-11(9)14-21(17,18)12-4-2-3-10-5-6-19-13(10)12/h2-6,9,11,14H,7-8H2,1H3/t9-,11+/m0/s1. The molecule has 1 aliphatic rings. The number of hydrogen-bond acceptors (Lipinski definition) is 5. The second-order valence-electron chi connectivity index (χ2n) is 5.38. The van der Waals surface area contributed by atoms with Gasteiger partial charge in [-0.05, 0) is 18.1 Å². The highest BCUT2D eigenvalue weighted by Crippen LogP contribution is 2.26. The van der Waals surface area contributed by atoms with E-state index in [1.807, 2.05) is 0 Å². The first-order valence-electron chi connectivity index (χ1n) is 6.47. The summed E-state index contributed by atoms with van der Waals surface area (Å²) in [5, 5.41) is 0.685. The molecule has 3 rings (SSSR count). The molecule has 6 nitrogen and oxygen atoms in total. The Kier molecular flexibility index (Phi) is 3.34. The maximum Gasteiger partial charge on any atom is 0.244 e. The fourth-order valence-electron chi connectivity index (χ4n) is 2.61. The van der Waals surface area contributed by atoms with Crippen molar-refractivity contribution in [3.05, 3.63) is 30.5 Å². The molecule has 0 amide bonds. The molecule has 2 aromatic rings. The fraction of sp³-hybridized carbons (Fsp3) is 0.385. The SMILES string of the molecule is C[C@H]1CS(=O)(=O)C[C@H]1NS(=O)(=O)c1cccc2ccoc12. The Bertz CT molecular complexity index is 882. The van der Waals surface area contributed by atoms with Crippen molar-refractivity contribution in [2.75, 3.05) is 11.5 Å². The molecule has 114 valence electrons. The highest BCUT2D eigenvalue weighted by molar-refractivity contribution is 7.92. The van der Waals surface area contributed by atoms with Gasteiger partial charge in [-0.1, -0.05) is 19.1 Å². The highest BCUT2D eigenvalue weighted by atomic mass is 32.2. The lowest BCUT2D eigenvalue weighted by atomic mass is 10.1. The first-order valence-corrected chi connectivity index (χ1v) is 9.78. The minimum Gasteiger partial charge on any atom is -0.463 e. The third-order valence-corrected chi connectivity index (χ3v) is 7.09. The zero-order valence-electron chi connectivity index (χ0n) is 11.3. The van der Waals surface area contributed by atoms with E-state index >= 15 is 0 Å². The molecule has 0 spiro atoms. The summed E-state index contributed by atoms with van der Waals surface area (Å²) >= 11 is 0. The summed E-state index contributed by atoms with van der Waals surface area (Å²) in [6, 6.07) is 5.89. The number of fused-ring (bicyclic) bond motifs is 1. The number of sulfone groups is 1. The summed E-state index contributed by atoms with van der Waals surface area (Å²) in [5.74, 6) is -0.410. The lowest BCUT2D eigenvalue weighted by Gasteiger charge is -2.16. The predicted octanol–water partition coefficient (Wildman–Crippen LogP) is 1.14. The van der Waals surface area contributed by atoms with E-state index in [9.17, 15) is 16.8 Å². The number of nitrogens with one attached hydrogen (secondary N) is 1. The van der Waals surface area contributed by atoms with Crippen LogP contribution in [0, 0.1) is 5.92 Å². The van der Waals surface area contributed by atoms with Crippen molar-refractivity contribution in [2.45, 2.75) is 17.9 Å². The van der Waals surface area contributed by atoms with E-state index in [4.69, 9.17) is 4.42 Å². The Morgan fingerprint density at radius 3 is 2.67 bits per heavy atom. The minimum atomic E-state index is -3.83. The lowest BCUT2D eigenvalue weighted by molar-refractivity contribution is 0.502. The summed E-state index contributed by atoms with van der Waals surface area (Å²) in [7, 11) is -7.01. The fourth-order valence-corrected chi connectivity index (χ4v) is 6.36. The van der Waals surface area contributed by atoms with E-state index < -0.39 is 25.9 Å². The van der Waals surface area contributed by atoms with Crippen molar-refractivity contribution in [1.29, 1.82) is 0 Å². The largest absolute Gasteiger partial charge is 0.463 e. The van der Waals surface area contributed by atoms with Crippen molar-refractivity contribution in [3.8, 4) is 0 Å². The van der Waals surface area contributed by atoms with Crippen LogP contribution in [0.3, 0.4) is 0 Å². The van der Waals surface area contributed by atoms with Crippen molar-refractivity contribution in [1.82, 2.24) is 4.72 Å². The maximum absolute atomic E-state index is 12.5. The summed E-state index contributed by atoms with van der Waals surface area (Å²) in [4.78, 5) is 0.0292. The second kappa shape index (κ2) is 4.82. The van der Waals surface area contributed by atoms with Gasteiger partial charge in [0.15, 0.2) is 15.4 Å². The molecular weight excluding hydrogens is 314 g/mol. The van der Waals surface area contributed by atoms with E-state index in [0.717, 1.165) is 0 Å². The Balaban J connectivity index is 1.97. The summed E-state index contributed by atoms with van der Waals surface area (Å²) in [6.45, 7) is 1.73. The number of para-hydroxylation sites is 1. The molecule has 1 fully saturated rings. The molecule has 8 heteroatoms. The number of rotatable bonds is 3. The highest BCUT2D eigenvalue weighted by Gasteiger charge is 2.37. The predicted molar refractivity (Wildman–Crippen MR) is 78.1 cm³/mol. The average molecular weight is 329 g/mol. The molecule has 0 bridgehead atoms. The van der Waals surface area contributed by atoms with E-state index in [1.54, 1.807) is 25.1 Å². The molecule has 1 aromatic carbocycles. The van der Waals surface area contributed by atoms with Gasteiger partial charge in [-0.3, -0.25) is 0 Å². The van der Waals surface area contributed by atoms with Gasteiger partial charge in [0.25, 0.3) is 0 Å². The first-order chi connectivity index (χ1) is 9.78. The topological polar surface area (TPSA) is 93.5 Å². The van der Waals surface area contributed by atoms with Gasteiger partial charge in [0.2, 0.25) is 10.0 Å². The van der Waals surface area contributed by atoms with Crippen LogP contribution in [-0.2, 0) is 19.9 Å². The quantitative estimate of drug-likeness (QED) is 0.911. The van der Waals surface area contributed by atoms with Crippen LogP contribution in [0.2, 0.25) is 0 Å². The number of furan rings is 1. The van der Waals surface area contributed by atoms with Gasteiger partial charge in [-0.15, -0.1) is 0 Å². The summed E-state index contributed by atoms with van der Waals surface area (Å²) in [6.07, 6.45) is 1.42. The molecule has 1 N–H and O–H groups in total. The second-order valence-corrected chi connectivity index (χ2v) is 9.21. The van der Waals surface area contributed by atoms with E-state index in [1.165, 1.54) is 12.3 Å². The van der Waals surface area contributed by atoms with Crippen molar-refractivity contribution in [3.63, 3.8) is 0 Å². The summed E-state index contributed by atoms with van der Waals surface area (Å²) < 4.78 is 55.9. The third-order valence-electron chi connectivity index (χ3n) is 3.68. The molecule has 1 aromatic heterocycles. The molecule has 1 saturated heterocycles. The van der Waals surface area contributed by atoms with E-state index in [2.05, 4.69) is 4.72 Å². The van der Waals surface area contributed by atoms with Crippen LogP contribution in [-0.4, -0.2) is 34.4 Å². The molecule has 0 radical (unpaired) electrons. The number of sulfonamides is 1. The minimum absolute atomic E-state index is 0.00510. The van der Waals surface area contributed by atoms with E-state index in [0.29, 0.717) is 5.39 Å². The molecule has 2 heterocycles. The van der Waals surface area contributed by atoms with Crippen LogP contribution in [0.15, 0.2) is 39.8 Å². The number of benzene rings is 1. The van der Waals surface area contributed by atoms with Gasteiger partial charge < -0.3 is 4.42 Å². The van der Waals surface area contributed by atoms with Crippen LogP contribution < -0.4 is 4.72 Å². The van der Waals surface area contributed by atoms with Gasteiger partial charge in [0.1, 0.15) is 4.90 Å². The van der Waals surface area contributed by atoms with Crippen molar-refractivity contribution >= 4 is 30.8 Å². The zero-order valence-corrected chi connectivity index (χ0v) is 12.9. The van der Waals surface area contributed by atoms with Gasteiger partial charge in [0, 0.05) is 11.4 Å². The Morgan fingerprint density at radius 1 is 1.24 bits per heavy atom. The molecule has 21 heavy (non-hydrogen) atoms. The maximum atomic E-state index is 12.5. The smallest absolute Gasteiger partial charge is 0.244 e. The molecule has 0 aliphatic carbocycles. The van der Waals surface area contributed by atoms with Crippen LogP contribution in [0.1, 0.15) is 6.92 Å². The lowest BCUT2D eigenvalue weighted by Crippen LogP contribution is -2.39.